The molecule has 140 valence electrons. The molecule has 0 N–H and O–H groups in total. The van der Waals surface area contributed by atoms with E-state index in [4.69, 9.17) is 16.1 Å². The van der Waals surface area contributed by atoms with E-state index in [1.54, 1.807) is 22.8 Å². The minimum atomic E-state index is -4.49. The second-order valence-electron chi connectivity index (χ2n) is 5.98. The zero-order valence-electron chi connectivity index (χ0n) is 13.9. The van der Waals surface area contributed by atoms with E-state index in [9.17, 15) is 18.0 Å². The van der Waals surface area contributed by atoms with Crippen LogP contribution in [0.3, 0.4) is 0 Å². The van der Waals surface area contributed by atoms with Crippen molar-refractivity contribution in [2.75, 3.05) is 31.1 Å². The lowest BCUT2D eigenvalue weighted by Gasteiger charge is -2.23. The van der Waals surface area contributed by atoms with Crippen LogP contribution in [0.2, 0.25) is 5.02 Å². The molecule has 3 rings (SSSR count). The molecular weight excluding hydrogens is 373 g/mol. The van der Waals surface area contributed by atoms with E-state index in [0.29, 0.717) is 38.4 Å². The Morgan fingerprint density at radius 2 is 2.00 bits per heavy atom. The van der Waals surface area contributed by atoms with Crippen molar-refractivity contribution in [2.24, 2.45) is 0 Å². The highest BCUT2D eigenvalue weighted by Gasteiger charge is 2.32. The summed E-state index contributed by atoms with van der Waals surface area (Å²) in [5.74, 6) is 0.590. The molecule has 3 heterocycles. The zero-order valence-corrected chi connectivity index (χ0v) is 14.6. The number of anilines is 1. The maximum absolute atomic E-state index is 12.7. The average Bonchev–Trinajstić information content (AvgIpc) is 2.87. The second-order valence-corrected chi connectivity index (χ2v) is 6.39. The monoisotopic (exact) mass is 388 g/mol. The van der Waals surface area contributed by atoms with Crippen molar-refractivity contribution < 1.29 is 22.5 Å². The van der Waals surface area contributed by atoms with Gasteiger partial charge in [0.05, 0.1) is 10.6 Å². The molecule has 0 spiro atoms. The Bertz CT molecular complexity index is 809. The van der Waals surface area contributed by atoms with Gasteiger partial charge in [-0.15, -0.1) is 0 Å². The predicted octanol–water partition coefficient (Wildman–Crippen LogP) is 3.40. The summed E-state index contributed by atoms with van der Waals surface area (Å²) in [4.78, 5) is 19.7. The molecule has 0 saturated carbocycles. The van der Waals surface area contributed by atoms with E-state index in [-0.39, 0.29) is 22.4 Å². The van der Waals surface area contributed by atoms with Crippen LogP contribution in [0.5, 0.6) is 0 Å². The smallest absolute Gasteiger partial charge is 0.361 e. The van der Waals surface area contributed by atoms with E-state index >= 15 is 0 Å². The Hall–Kier alpha value is -2.29. The van der Waals surface area contributed by atoms with E-state index in [1.807, 2.05) is 0 Å². The molecule has 1 amide bonds. The largest absolute Gasteiger partial charge is 0.417 e. The highest BCUT2D eigenvalue weighted by molar-refractivity contribution is 6.33. The number of carbonyl (C=O) groups excluding carboxylic acids is 1. The summed E-state index contributed by atoms with van der Waals surface area (Å²) < 4.78 is 43.1. The summed E-state index contributed by atoms with van der Waals surface area (Å²) in [6, 6.07) is 2.44. The van der Waals surface area contributed by atoms with Crippen molar-refractivity contribution in [3.63, 3.8) is 0 Å². The highest BCUT2D eigenvalue weighted by atomic mass is 35.5. The maximum atomic E-state index is 12.7. The molecule has 1 fully saturated rings. The van der Waals surface area contributed by atoms with Gasteiger partial charge in [0, 0.05) is 38.4 Å². The van der Waals surface area contributed by atoms with Crippen LogP contribution in [0.1, 0.15) is 28.2 Å². The molecule has 6 nitrogen and oxygen atoms in total. The van der Waals surface area contributed by atoms with Crippen LogP contribution in [0.4, 0.5) is 19.0 Å². The first kappa shape index (κ1) is 18.5. The van der Waals surface area contributed by atoms with Crippen LogP contribution in [-0.2, 0) is 6.18 Å². The fraction of sp³-hybridized carbons (Fsp3) is 0.438. The summed E-state index contributed by atoms with van der Waals surface area (Å²) in [5.41, 5.74) is -0.652. The van der Waals surface area contributed by atoms with Crippen molar-refractivity contribution in [1.29, 1.82) is 0 Å². The number of hydrogen-bond donors (Lipinski definition) is 0. The van der Waals surface area contributed by atoms with Crippen molar-refractivity contribution in [3.05, 3.63) is 40.4 Å². The second kappa shape index (κ2) is 7.14. The van der Waals surface area contributed by atoms with E-state index in [1.165, 1.54) is 0 Å². The van der Waals surface area contributed by atoms with Gasteiger partial charge in [-0.1, -0.05) is 16.8 Å². The number of hydrogen-bond acceptors (Lipinski definition) is 5. The number of rotatable bonds is 2. The Balaban J connectivity index is 1.72. The molecular formula is C16H16ClF3N4O2. The first-order valence-electron chi connectivity index (χ1n) is 7.96. The van der Waals surface area contributed by atoms with Gasteiger partial charge in [-0.05, 0) is 19.4 Å². The lowest BCUT2D eigenvalue weighted by molar-refractivity contribution is -0.137. The van der Waals surface area contributed by atoms with Gasteiger partial charge in [0.15, 0.2) is 5.69 Å². The molecule has 0 unspecified atom stereocenters. The van der Waals surface area contributed by atoms with E-state index in [0.717, 1.165) is 12.3 Å². The SMILES string of the molecule is Cc1cc(C(=O)N2CCCN(c3ncc(C(F)(F)F)cc3Cl)CC2)no1. The fourth-order valence-corrected chi connectivity index (χ4v) is 3.07. The Morgan fingerprint density at radius 3 is 2.62 bits per heavy atom. The highest BCUT2D eigenvalue weighted by Crippen LogP contribution is 2.33. The molecule has 0 radical (unpaired) electrons. The van der Waals surface area contributed by atoms with Gasteiger partial charge in [0.25, 0.3) is 5.91 Å². The fourth-order valence-electron chi connectivity index (χ4n) is 2.78. The zero-order chi connectivity index (χ0) is 18.9. The number of aromatic nitrogens is 2. The summed E-state index contributed by atoms with van der Waals surface area (Å²) >= 11 is 6.01. The van der Waals surface area contributed by atoms with Gasteiger partial charge in [0.2, 0.25) is 0 Å². The Kier molecular flexibility index (Phi) is 5.08. The summed E-state index contributed by atoms with van der Waals surface area (Å²) in [5, 5.41) is 3.66. The number of aryl methyl sites for hydroxylation is 1. The van der Waals surface area contributed by atoms with Gasteiger partial charge in [-0.25, -0.2) is 4.98 Å². The average molecular weight is 389 g/mol. The number of amides is 1. The predicted molar refractivity (Wildman–Crippen MR) is 88.2 cm³/mol. The van der Waals surface area contributed by atoms with Crippen LogP contribution in [0, 0.1) is 6.92 Å². The standard InChI is InChI=1S/C16H16ClF3N4O2/c1-10-7-13(22-26-10)15(25)24-4-2-3-23(5-6-24)14-12(17)8-11(9-21-14)16(18,19)20/h7-9H,2-6H2,1H3. The van der Waals surface area contributed by atoms with Crippen LogP contribution in [0.25, 0.3) is 0 Å². The van der Waals surface area contributed by atoms with Gasteiger partial charge >= 0.3 is 6.18 Å². The molecule has 10 heteroatoms. The van der Waals surface area contributed by atoms with Crippen LogP contribution >= 0.6 is 11.6 Å². The maximum Gasteiger partial charge on any atom is 0.417 e. The van der Waals surface area contributed by atoms with Crippen molar-refractivity contribution in [1.82, 2.24) is 15.0 Å². The van der Waals surface area contributed by atoms with Gasteiger partial charge in [-0.2, -0.15) is 13.2 Å². The van der Waals surface area contributed by atoms with Crippen molar-refractivity contribution in [2.45, 2.75) is 19.5 Å². The van der Waals surface area contributed by atoms with E-state index < -0.39 is 11.7 Å². The molecule has 1 aliphatic heterocycles. The molecule has 26 heavy (non-hydrogen) atoms. The van der Waals surface area contributed by atoms with Crippen LogP contribution in [0.15, 0.2) is 22.9 Å². The van der Waals surface area contributed by atoms with E-state index in [2.05, 4.69) is 10.1 Å². The topological polar surface area (TPSA) is 62.5 Å². The Morgan fingerprint density at radius 1 is 1.23 bits per heavy atom. The number of nitrogens with zero attached hydrogens (tertiary/aromatic N) is 4. The van der Waals surface area contributed by atoms with Crippen LogP contribution < -0.4 is 4.90 Å². The summed E-state index contributed by atoms with van der Waals surface area (Å²) in [6.07, 6.45) is -3.10. The Labute approximate surface area is 152 Å². The lowest BCUT2D eigenvalue weighted by atomic mass is 10.2. The van der Waals surface area contributed by atoms with Gasteiger partial charge in [-0.3, -0.25) is 4.79 Å². The first-order valence-corrected chi connectivity index (χ1v) is 8.34. The summed E-state index contributed by atoms with van der Waals surface area (Å²) in [6.45, 7) is 3.51. The van der Waals surface area contributed by atoms with Gasteiger partial charge in [0.1, 0.15) is 11.6 Å². The summed E-state index contributed by atoms with van der Waals surface area (Å²) in [7, 11) is 0. The molecule has 0 atom stereocenters. The third-order valence-corrected chi connectivity index (χ3v) is 4.36. The molecule has 1 saturated heterocycles. The lowest BCUT2D eigenvalue weighted by Crippen LogP contribution is -2.35. The molecule has 2 aromatic heterocycles. The van der Waals surface area contributed by atoms with Crippen LogP contribution in [-0.4, -0.2) is 47.1 Å². The minimum absolute atomic E-state index is 0.0632. The van der Waals surface area contributed by atoms with Crippen molar-refractivity contribution >= 4 is 23.3 Å². The number of halogens is 4. The number of carbonyl (C=O) groups is 1. The minimum Gasteiger partial charge on any atom is -0.361 e. The normalized spacial score (nSPS) is 15.9. The third kappa shape index (κ3) is 3.92. The van der Waals surface area contributed by atoms with Gasteiger partial charge < -0.3 is 14.3 Å². The molecule has 0 aromatic carbocycles. The molecule has 2 aromatic rings. The quantitative estimate of drug-likeness (QED) is 0.789. The number of pyridine rings is 1. The molecule has 0 aliphatic carbocycles. The number of alkyl halides is 3. The van der Waals surface area contributed by atoms with Crippen molar-refractivity contribution in [3.8, 4) is 0 Å². The molecule has 0 bridgehead atoms. The third-order valence-electron chi connectivity index (χ3n) is 4.08. The molecule has 1 aliphatic rings. The first-order chi connectivity index (χ1) is 12.3.